The predicted octanol–water partition coefficient (Wildman–Crippen LogP) is 9.33. The van der Waals surface area contributed by atoms with Crippen molar-refractivity contribution in [3.05, 3.63) is 113 Å². The predicted molar refractivity (Wildman–Crippen MR) is 127 cm³/mol. The number of ether oxygens (including phenoxy) is 1. The molecule has 0 aliphatic carbocycles. The lowest BCUT2D eigenvalue weighted by molar-refractivity contribution is -0.187. The van der Waals surface area contributed by atoms with E-state index in [9.17, 15) is 35.1 Å². The Morgan fingerprint density at radius 1 is 0.632 bits per heavy atom. The van der Waals surface area contributed by atoms with E-state index in [2.05, 4.69) is 4.74 Å². The van der Waals surface area contributed by atoms with Gasteiger partial charge in [-0.2, -0.15) is 8.78 Å². The molecule has 38 heavy (non-hydrogen) atoms. The van der Waals surface area contributed by atoms with Gasteiger partial charge in [0.2, 0.25) is 0 Å². The first-order chi connectivity index (χ1) is 18.0. The van der Waals surface area contributed by atoms with E-state index in [0.29, 0.717) is 29.8 Å². The first-order valence-corrected chi connectivity index (χ1v) is 11.6. The van der Waals surface area contributed by atoms with Gasteiger partial charge in [-0.25, -0.2) is 26.3 Å². The van der Waals surface area contributed by atoms with Crippen molar-refractivity contribution in [1.82, 2.24) is 0 Å². The van der Waals surface area contributed by atoms with Crippen LogP contribution >= 0.6 is 0 Å². The van der Waals surface area contributed by atoms with Crippen molar-refractivity contribution in [3.63, 3.8) is 0 Å². The van der Waals surface area contributed by atoms with E-state index >= 15 is 0 Å². The third-order valence-electron chi connectivity index (χ3n) is 5.96. The summed E-state index contributed by atoms with van der Waals surface area (Å²) in [5.74, 6) is -10.2. The lowest BCUT2D eigenvalue weighted by Crippen LogP contribution is -2.24. The van der Waals surface area contributed by atoms with Crippen molar-refractivity contribution in [1.29, 1.82) is 0 Å². The molecule has 0 bridgehead atoms. The van der Waals surface area contributed by atoms with E-state index in [4.69, 9.17) is 0 Å². The summed E-state index contributed by atoms with van der Waals surface area (Å²) < 4.78 is 118. The molecule has 1 nitrogen and oxygen atoms in total. The maximum atomic E-state index is 14.8. The van der Waals surface area contributed by atoms with E-state index in [-0.39, 0.29) is 11.1 Å². The Morgan fingerprint density at radius 3 is 1.87 bits per heavy atom. The minimum absolute atomic E-state index is 0.224. The highest BCUT2D eigenvalue weighted by Gasteiger charge is 2.39. The largest absolute Gasteiger partial charge is 0.429 e. The van der Waals surface area contributed by atoms with Crippen LogP contribution in [0, 0.1) is 34.9 Å². The number of benzene rings is 4. The molecule has 0 aromatic heterocycles. The van der Waals surface area contributed by atoms with Crippen molar-refractivity contribution in [3.8, 4) is 28.0 Å². The summed E-state index contributed by atoms with van der Waals surface area (Å²) in [5.41, 5.74) is -1.16. The Labute approximate surface area is 213 Å². The number of hydrogen-bond donors (Lipinski definition) is 0. The molecule has 0 heterocycles. The van der Waals surface area contributed by atoms with Gasteiger partial charge in [-0.1, -0.05) is 43.7 Å². The molecule has 9 heteroatoms. The van der Waals surface area contributed by atoms with Gasteiger partial charge in [0.15, 0.2) is 29.1 Å². The Balaban J connectivity index is 1.58. The van der Waals surface area contributed by atoms with Gasteiger partial charge in [0.25, 0.3) is 0 Å². The molecule has 198 valence electrons. The maximum Gasteiger partial charge on any atom is 0.429 e. The van der Waals surface area contributed by atoms with Crippen LogP contribution in [0.3, 0.4) is 0 Å². The third-order valence-corrected chi connectivity index (χ3v) is 5.96. The summed E-state index contributed by atoms with van der Waals surface area (Å²) in [6, 6.07) is 11.6. The summed E-state index contributed by atoms with van der Waals surface area (Å²) in [7, 11) is 0. The topological polar surface area (TPSA) is 9.23 Å². The van der Waals surface area contributed by atoms with Gasteiger partial charge >= 0.3 is 6.11 Å². The van der Waals surface area contributed by atoms with E-state index in [1.54, 1.807) is 24.3 Å². The van der Waals surface area contributed by atoms with Crippen LogP contribution in [0.1, 0.15) is 30.9 Å². The normalized spacial score (nSPS) is 11.6. The summed E-state index contributed by atoms with van der Waals surface area (Å²) in [6.45, 7) is 2.04. The van der Waals surface area contributed by atoms with Crippen LogP contribution in [0.2, 0.25) is 0 Å². The van der Waals surface area contributed by atoms with Crippen LogP contribution in [0.4, 0.5) is 35.1 Å². The molecule has 0 unspecified atom stereocenters. The van der Waals surface area contributed by atoms with E-state index in [1.807, 2.05) is 6.92 Å². The summed E-state index contributed by atoms with van der Waals surface area (Å²) >= 11 is 0. The Bertz CT molecular complexity index is 1440. The Kier molecular flexibility index (Phi) is 7.76. The lowest BCUT2D eigenvalue weighted by atomic mass is 9.99. The van der Waals surface area contributed by atoms with Crippen molar-refractivity contribution in [2.45, 2.75) is 32.3 Å². The second-order valence-corrected chi connectivity index (χ2v) is 8.60. The quantitative estimate of drug-likeness (QED) is 0.161. The van der Waals surface area contributed by atoms with Gasteiger partial charge in [0, 0.05) is 17.2 Å². The first kappa shape index (κ1) is 27.2. The maximum absolute atomic E-state index is 14.8. The second-order valence-electron chi connectivity index (χ2n) is 8.60. The molecule has 0 radical (unpaired) electrons. The molecule has 0 spiro atoms. The van der Waals surface area contributed by atoms with Gasteiger partial charge in [-0.05, 0) is 59.9 Å². The number of unbranched alkanes of at least 4 members (excludes halogenated alkanes) is 1. The number of alkyl halides is 2. The highest BCUT2D eigenvalue weighted by atomic mass is 19.3. The Morgan fingerprint density at radius 2 is 1.26 bits per heavy atom. The lowest BCUT2D eigenvalue weighted by Gasteiger charge is -2.20. The SMILES string of the molecule is CCCCc1ccc(-c2ccc(C(F)(F)Oc3ccc(-c4cc(F)c(F)c(F)c4)c(F)c3)c(F)c2F)cc1. The minimum Gasteiger partial charge on any atom is -0.429 e. The summed E-state index contributed by atoms with van der Waals surface area (Å²) in [5, 5.41) is 0. The second kappa shape index (κ2) is 10.8. The number of halogens is 8. The zero-order chi connectivity index (χ0) is 27.6. The van der Waals surface area contributed by atoms with Gasteiger partial charge in [-0.3, -0.25) is 0 Å². The molecular weight excluding hydrogens is 516 g/mol. The molecule has 0 amide bonds. The standard InChI is InChI=1S/C29H20F8O/c1-2-3-4-16-5-7-17(8-6-16)21-11-12-22(27(34)26(21)33)29(36,37)38-19-9-10-20(23(30)15-19)18-13-24(31)28(35)25(32)14-18/h5-15H,2-4H2,1H3. The molecule has 0 saturated heterocycles. The molecule has 4 aromatic carbocycles. The highest BCUT2D eigenvalue weighted by molar-refractivity contribution is 5.66. The fraction of sp³-hybridized carbons (Fsp3) is 0.172. The fourth-order valence-electron chi connectivity index (χ4n) is 3.94. The monoisotopic (exact) mass is 536 g/mol. The van der Waals surface area contributed by atoms with Gasteiger partial charge in [0.1, 0.15) is 17.1 Å². The van der Waals surface area contributed by atoms with E-state index in [1.165, 1.54) is 0 Å². The number of rotatable bonds is 8. The van der Waals surface area contributed by atoms with Gasteiger partial charge in [0.05, 0.1) is 0 Å². The summed E-state index contributed by atoms with van der Waals surface area (Å²) in [4.78, 5) is 0. The van der Waals surface area contributed by atoms with E-state index < -0.39 is 57.9 Å². The van der Waals surface area contributed by atoms with Crippen LogP contribution in [-0.4, -0.2) is 0 Å². The number of aryl methyl sites for hydroxylation is 1. The van der Waals surface area contributed by atoms with Crippen LogP contribution in [0.15, 0.2) is 66.7 Å². The molecule has 4 aromatic rings. The number of hydrogen-bond acceptors (Lipinski definition) is 1. The first-order valence-electron chi connectivity index (χ1n) is 11.6. The van der Waals surface area contributed by atoms with Gasteiger partial charge in [-0.15, -0.1) is 0 Å². The average Bonchev–Trinajstić information content (AvgIpc) is 2.87. The summed E-state index contributed by atoms with van der Waals surface area (Å²) in [6.07, 6.45) is -1.64. The zero-order valence-electron chi connectivity index (χ0n) is 19.9. The Hall–Kier alpha value is -3.88. The van der Waals surface area contributed by atoms with Crippen molar-refractivity contribution >= 4 is 0 Å². The minimum atomic E-state index is -4.41. The van der Waals surface area contributed by atoms with E-state index in [0.717, 1.165) is 43.0 Å². The molecule has 0 atom stereocenters. The molecule has 0 aliphatic heterocycles. The van der Waals surface area contributed by atoms with Crippen LogP contribution in [0.25, 0.3) is 22.3 Å². The zero-order valence-corrected chi connectivity index (χ0v) is 19.9. The van der Waals surface area contributed by atoms with Crippen molar-refractivity contribution < 1.29 is 39.9 Å². The molecule has 0 saturated carbocycles. The molecule has 4 rings (SSSR count). The third kappa shape index (κ3) is 5.51. The average molecular weight is 536 g/mol. The molecule has 0 N–H and O–H groups in total. The van der Waals surface area contributed by atoms with Crippen LogP contribution in [-0.2, 0) is 12.5 Å². The smallest absolute Gasteiger partial charge is 0.429 e. The van der Waals surface area contributed by atoms with Crippen LogP contribution in [0.5, 0.6) is 5.75 Å². The van der Waals surface area contributed by atoms with Crippen molar-refractivity contribution in [2.24, 2.45) is 0 Å². The molecule has 0 aliphatic rings. The van der Waals surface area contributed by atoms with Crippen molar-refractivity contribution in [2.75, 3.05) is 0 Å². The van der Waals surface area contributed by atoms with Crippen LogP contribution < -0.4 is 4.74 Å². The molecule has 0 fully saturated rings. The van der Waals surface area contributed by atoms with Gasteiger partial charge < -0.3 is 4.74 Å². The fourth-order valence-corrected chi connectivity index (χ4v) is 3.94. The highest BCUT2D eigenvalue weighted by Crippen LogP contribution is 2.38. The molecular formula is C29H20F8O.